The molecule has 12 heavy (non-hydrogen) atoms. The van der Waals surface area contributed by atoms with Gasteiger partial charge in [-0.1, -0.05) is 23.7 Å². The highest BCUT2D eigenvalue weighted by Crippen LogP contribution is 2.22. The van der Waals surface area contributed by atoms with Crippen molar-refractivity contribution in [2.24, 2.45) is 5.73 Å². The summed E-state index contributed by atoms with van der Waals surface area (Å²) in [5.74, 6) is 0. The molecule has 1 rings (SSSR count). The molecule has 0 heterocycles. The molecule has 0 unspecified atom stereocenters. The van der Waals surface area contributed by atoms with E-state index in [4.69, 9.17) is 17.3 Å². The molecule has 0 aliphatic heterocycles. The van der Waals surface area contributed by atoms with Crippen molar-refractivity contribution < 1.29 is 4.39 Å². The maximum atomic E-state index is 13.3. The Balaban J connectivity index is 2.88. The van der Waals surface area contributed by atoms with Crippen molar-refractivity contribution in [3.05, 3.63) is 34.9 Å². The molecule has 1 aromatic rings. The van der Waals surface area contributed by atoms with Gasteiger partial charge in [-0.15, -0.1) is 0 Å². The fraction of sp³-hybridized carbons (Fsp3) is 0.333. The van der Waals surface area contributed by atoms with Gasteiger partial charge in [-0.05, 0) is 24.6 Å². The number of hydrogen-bond acceptors (Lipinski definition) is 1. The number of halogens is 2. The van der Waals surface area contributed by atoms with Gasteiger partial charge in [0.25, 0.3) is 0 Å². The third-order valence-electron chi connectivity index (χ3n) is 1.63. The number of nitrogens with two attached hydrogens (primary N) is 1. The summed E-state index contributed by atoms with van der Waals surface area (Å²) in [6.45, 7) is 1.63. The quantitative estimate of drug-likeness (QED) is 0.757. The van der Waals surface area contributed by atoms with Crippen molar-refractivity contribution in [1.82, 2.24) is 0 Å². The third kappa shape index (κ3) is 2.19. The summed E-state index contributed by atoms with van der Waals surface area (Å²) in [5.41, 5.74) is 5.94. The Morgan fingerprint density at radius 1 is 1.50 bits per heavy atom. The minimum atomic E-state index is -1.14. The molecule has 0 bridgehead atoms. The average Bonchev–Trinajstić information content (AvgIpc) is 2.03. The number of rotatable bonds is 2. The Kier molecular flexibility index (Phi) is 3.06. The van der Waals surface area contributed by atoms with Crippen LogP contribution in [0.1, 0.15) is 18.7 Å². The molecular weight excluding hydrogens is 177 g/mol. The summed E-state index contributed by atoms with van der Waals surface area (Å²) in [7, 11) is 0. The number of benzene rings is 1. The van der Waals surface area contributed by atoms with E-state index in [-0.39, 0.29) is 0 Å². The lowest BCUT2D eigenvalue weighted by atomic mass is 10.1. The summed E-state index contributed by atoms with van der Waals surface area (Å²) in [6, 6.07) is 6.20. The van der Waals surface area contributed by atoms with Gasteiger partial charge in [-0.3, -0.25) is 0 Å². The molecular formula is C9H11ClFN. The van der Waals surface area contributed by atoms with Crippen LogP contribution in [0, 0.1) is 0 Å². The van der Waals surface area contributed by atoms with Crippen molar-refractivity contribution in [2.45, 2.75) is 19.1 Å². The Morgan fingerprint density at radius 2 is 2.17 bits per heavy atom. The first kappa shape index (κ1) is 9.49. The minimum Gasteiger partial charge on any atom is -0.325 e. The second-order valence-electron chi connectivity index (χ2n) is 2.82. The molecule has 0 saturated carbocycles. The molecule has 0 amide bonds. The predicted octanol–water partition coefficient (Wildman–Crippen LogP) is 2.70. The van der Waals surface area contributed by atoms with E-state index in [0.29, 0.717) is 10.6 Å². The maximum Gasteiger partial charge on any atom is 0.140 e. The molecule has 0 spiro atoms. The fourth-order valence-corrected chi connectivity index (χ4v) is 1.18. The molecule has 0 aliphatic carbocycles. The molecule has 2 atom stereocenters. The molecule has 0 fully saturated rings. The third-order valence-corrected chi connectivity index (χ3v) is 1.86. The van der Waals surface area contributed by atoms with E-state index in [1.165, 1.54) is 0 Å². The van der Waals surface area contributed by atoms with Crippen molar-refractivity contribution >= 4 is 11.6 Å². The van der Waals surface area contributed by atoms with Crippen LogP contribution in [-0.2, 0) is 0 Å². The first-order valence-electron chi connectivity index (χ1n) is 3.76. The van der Waals surface area contributed by atoms with Gasteiger partial charge in [0.15, 0.2) is 0 Å². The van der Waals surface area contributed by atoms with E-state index in [1.54, 1.807) is 31.2 Å². The fourth-order valence-electron chi connectivity index (χ4n) is 0.982. The van der Waals surface area contributed by atoms with E-state index >= 15 is 0 Å². The van der Waals surface area contributed by atoms with Crippen LogP contribution >= 0.6 is 11.6 Å². The zero-order valence-electron chi connectivity index (χ0n) is 6.80. The first-order chi connectivity index (χ1) is 5.61. The van der Waals surface area contributed by atoms with Gasteiger partial charge in [0.05, 0.1) is 0 Å². The van der Waals surface area contributed by atoms with Crippen molar-refractivity contribution in [3.63, 3.8) is 0 Å². The van der Waals surface area contributed by atoms with Crippen LogP contribution in [0.25, 0.3) is 0 Å². The molecule has 0 aliphatic rings. The zero-order chi connectivity index (χ0) is 9.14. The van der Waals surface area contributed by atoms with Gasteiger partial charge in [0, 0.05) is 11.1 Å². The Labute approximate surface area is 76.3 Å². The lowest BCUT2D eigenvalue weighted by molar-refractivity contribution is 0.300. The highest BCUT2D eigenvalue weighted by atomic mass is 35.5. The normalized spacial score (nSPS) is 15.7. The van der Waals surface area contributed by atoms with Gasteiger partial charge in [0.2, 0.25) is 0 Å². The average molecular weight is 188 g/mol. The van der Waals surface area contributed by atoms with Crippen LogP contribution in [0.2, 0.25) is 5.02 Å². The second kappa shape index (κ2) is 3.87. The van der Waals surface area contributed by atoms with Crippen LogP contribution < -0.4 is 5.73 Å². The van der Waals surface area contributed by atoms with Crippen LogP contribution in [0.4, 0.5) is 4.39 Å². The highest BCUT2D eigenvalue weighted by molar-refractivity contribution is 6.30. The minimum absolute atomic E-state index is 0.497. The molecule has 3 heteroatoms. The summed E-state index contributed by atoms with van der Waals surface area (Å²) >= 11 is 5.69. The van der Waals surface area contributed by atoms with Crippen molar-refractivity contribution in [1.29, 1.82) is 0 Å². The summed E-state index contributed by atoms with van der Waals surface area (Å²) in [5, 5.41) is 0.538. The van der Waals surface area contributed by atoms with Gasteiger partial charge in [-0.2, -0.15) is 0 Å². The zero-order valence-corrected chi connectivity index (χ0v) is 7.55. The number of alkyl halides is 1. The van der Waals surface area contributed by atoms with E-state index in [1.807, 2.05) is 0 Å². The molecule has 1 nitrogen and oxygen atoms in total. The predicted molar refractivity (Wildman–Crippen MR) is 49.0 cm³/mol. The van der Waals surface area contributed by atoms with Crippen molar-refractivity contribution in [3.8, 4) is 0 Å². The van der Waals surface area contributed by atoms with Gasteiger partial charge in [-0.25, -0.2) is 4.39 Å². The molecule has 0 aromatic heterocycles. The Morgan fingerprint density at radius 3 is 2.67 bits per heavy atom. The second-order valence-corrected chi connectivity index (χ2v) is 3.25. The summed E-state index contributed by atoms with van der Waals surface area (Å²) in [6.07, 6.45) is -1.14. The Hall–Kier alpha value is -0.600. The lowest BCUT2D eigenvalue weighted by Gasteiger charge is -2.11. The lowest BCUT2D eigenvalue weighted by Crippen LogP contribution is -2.21. The molecule has 0 radical (unpaired) electrons. The molecule has 2 N–H and O–H groups in total. The highest BCUT2D eigenvalue weighted by Gasteiger charge is 2.14. The van der Waals surface area contributed by atoms with E-state index < -0.39 is 12.2 Å². The molecule has 1 aromatic carbocycles. The SMILES string of the molecule is C[C@H](N)[C@H](F)c1cccc(Cl)c1. The van der Waals surface area contributed by atoms with E-state index in [0.717, 1.165) is 0 Å². The summed E-state index contributed by atoms with van der Waals surface area (Å²) in [4.78, 5) is 0. The maximum absolute atomic E-state index is 13.3. The number of hydrogen-bond donors (Lipinski definition) is 1. The Bertz CT molecular complexity index is 262. The topological polar surface area (TPSA) is 26.0 Å². The molecule has 0 saturated heterocycles. The van der Waals surface area contributed by atoms with Crippen LogP contribution in [0.15, 0.2) is 24.3 Å². The first-order valence-corrected chi connectivity index (χ1v) is 4.14. The van der Waals surface area contributed by atoms with Crippen LogP contribution in [0.3, 0.4) is 0 Å². The van der Waals surface area contributed by atoms with Gasteiger partial charge < -0.3 is 5.73 Å². The van der Waals surface area contributed by atoms with Gasteiger partial charge >= 0.3 is 0 Å². The van der Waals surface area contributed by atoms with E-state index in [2.05, 4.69) is 0 Å². The smallest absolute Gasteiger partial charge is 0.140 e. The monoisotopic (exact) mass is 187 g/mol. The summed E-state index contributed by atoms with van der Waals surface area (Å²) < 4.78 is 13.3. The van der Waals surface area contributed by atoms with Crippen LogP contribution in [-0.4, -0.2) is 6.04 Å². The largest absolute Gasteiger partial charge is 0.325 e. The molecule has 66 valence electrons. The van der Waals surface area contributed by atoms with Gasteiger partial charge in [0.1, 0.15) is 6.17 Å². The van der Waals surface area contributed by atoms with Crippen molar-refractivity contribution in [2.75, 3.05) is 0 Å². The van der Waals surface area contributed by atoms with Crippen LogP contribution in [0.5, 0.6) is 0 Å². The standard InChI is InChI=1S/C9H11ClFN/c1-6(12)9(11)7-3-2-4-8(10)5-7/h2-6,9H,12H2,1H3/t6-,9-/m0/s1. The van der Waals surface area contributed by atoms with E-state index in [9.17, 15) is 4.39 Å².